The number of rotatable bonds is 5. The number of hydrogen-bond acceptors (Lipinski definition) is 5. The zero-order valence-electron chi connectivity index (χ0n) is 14.8. The first-order valence-corrected chi connectivity index (χ1v) is 9.59. The largest absolute Gasteiger partial charge is 0.339 e. The molecular weight excluding hydrogens is 348 g/mol. The molecule has 2 N–H and O–H groups in total. The van der Waals surface area contributed by atoms with Gasteiger partial charge in [0.05, 0.1) is 4.90 Å². The monoisotopic (exact) mass is 368 g/mol. The molecule has 0 aliphatic heterocycles. The lowest BCUT2D eigenvalue weighted by molar-refractivity contribution is 0.601. The molecule has 6 nitrogen and oxygen atoms in total. The molecule has 3 rings (SSSR count). The molecule has 1 aromatic heterocycles. The summed E-state index contributed by atoms with van der Waals surface area (Å²) >= 11 is 0. The molecular formula is C19H20N4O2S. The summed E-state index contributed by atoms with van der Waals surface area (Å²) in [6.45, 7) is 5.82. The minimum atomic E-state index is -3.70. The van der Waals surface area contributed by atoms with Gasteiger partial charge in [-0.2, -0.15) is 0 Å². The van der Waals surface area contributed by atoms with E-state index in [1.165, 1.54) is 0 Å². The Morgan fingerprint density at radius 1 is 0.769 bits per heavy atom. The Morgan fingerprint density at radius 3 is 2.04 bits per heavy atom. The highest BCUT2D eigenvalue weighted by Gasteiger charge is 2.15. The van der Waals surface area contributed by atoms with Crippen LogP contribution >= 0.6 is 0 Å². The number of hydrogen-bond donors (Lipinski definition) is 2. The van der Waals surface area contributed by atoms with Gasteiger partial charge in [-0.15, -0.1) is 10.2 Å². The predicted molar refractivity (Wildman–Crippen MR) is 103 cm³/mol. The molecule has 0 saturated heterocycles. The van der Waals surface area contributed by atoms with Gasteiger partial charge in [0.1, 0.15) is 0 Å². The summed E-state index contributed by atoms with van der Waals surface area (Å²) in [5.41, 5.74) is 4.00. The summed E-state index contributed by atoms with van der Waals surface area (Å²) in [5.74, 6) is 0.695. The lowest BCUT2D eigenvalue weighted by Gasteiger charge is -2.10. The molecule has 2 aromatic carbocycles. The third kappa shape index (κ3) is 4.18. The van der Waals surface area contributed by atoms with Crippen molar-refractivity contribution < 1.29 is 8.42 Å². The Labute approximate surface area is 153 Å². The van der Waals surface area contributed by atoms with Crippen molar-refractivity contribution in [3.8, 4) is 0 Å². The number of anilines is 3. The molecule has 26 heavy (non-hydrogen) atoms. The van der Waals surface area contributed by atoms with Gasteiger partial charge in [0, 0.05) is 5.69 Å². The quantitative estimate of drug-likeness (QED) is 0.712. The molecule has 7 heteroatoms. The molecule has 0 saturated carbocycles. The topological polar surface area (TPSA) is 84.0 Å². The van der Waals surface area contributed by atoms with Crippen LogP contribution in [0.4, 0.5) is 17.3 Å². The first kappa shape index (κ1) is 17.9. The molecule has 0 atom stereocenters. The van der Waals surface area contributed by atoms with E-state index in [0.717, 1.165) is 22.4 Å². The average Bonchev–Trinajstić information content (AvgIpc) is 2.61. The van der Waals surface area contributed by atoms with E-state index < -0.39 is 10.0 Å². The van der Waals surface area contributed by atoms with Crippen LogP contribution in [0.1, 0.15) is 16.7 Å². The number of benzene rings is 2. The molecule has 0 aliphatic rings. The molecule has 0 bridgehead atoms. The fraction of sp³-hybridized carbons (Fsp3) is 0.158. The van der Waals surface area contributed by atoms with E-state index in [1.54, 1.807) is 30.3 Å². The minimum absolute atomic E-state index is 0.165. The van der Waals surface area contributed by atoms with Gasteiger partial charge in [-0.05, 0) is 68.3 Å². The minimum Gasteiger partial charge on any atom is -0.339 e. The smallest absolute Gasteiger partial charge is 0.263 e. The summed E-state index contributed by atoms with van der Waals surface area (Å²) in [4.78, 5) is 0.198. The van der Waals surface area contributed by atoms with Crippen molar-refractivity contribution in [2.75, 3.05) is 10.0 Å². The van der Waals surface area contributed by atoms with Crippen molar-refractivity contribution >= 4 is 27.3 Å². The number of nitrogens with zero attached hydrogens (tertiary/aromatic N) is 2. The predicted octanol–water partition coefficient (Wildman–Crippen LogP) is 3.95. The third-order valence-electron chi connectivity index (χ3n) is 4.02. The van der Waals surface area contributed by atoms with Crippen molar-refractivity contribution in [2.45, 2.75) is 25.7 Å². The van der Waals surface area contributed by atoms with Crippen LogP contribution in [0, 0.1) is 20.8 Å². The van der Waals surface area contributed by atoms with Crippen molar-refractivity contribution in [1.82, 2.24) is 10.2 Å². The van der Waals surface area contributed by atoms with Crippen LogP contribution in [-0.4, -0.2) is 18.6 Å². The summed E-state index contributed by atoms with van der Waals surface area (Å²) in [5, 5.41) is 11.1. The van der Waals surface area contributed by atoms with Crippen molar-refractivity contribution in [3.05, 3.63) is 71.3 Å². The van der Waals surface area contributed by atoms with Gasteiger partial charge in [-0.1, -0.05) is 23.8 Å². The second-order valence-electron chi connectivity index (χ2n) is 6.15. The Morgan fingerprint density at radius 2 is 1.42 bits per heavy atom. The Bertz CT molecular complexity index is 1010. The van der Waals surface area contributed by atoms with Gasteiger partial charge < -0.3 is 5.32 Å². The van der Waals surface area contributed by atoms with E-state index >= 15 is 0 Å². The molecule has 0 radical (unpaired) electrons. The molecule has 0 spiro atoms. The van der Waals surface area contributed by atoms with Gasteiger partial charge in [-0.3, -0.25) is 4.72 Å². The van der Waals surface area contributed by atoms with Gasteiger partial charge >= 0.3 is 0 Å². The maximum atomic E-state index is 12.5. The fourth-order valence-corrected chi connectivity index (χ4v) is 3.40. The van der Waals surface area contributed by atoms with Crippen LogP contribution < -0.4 is 10.0 Å². The maximum absolute atomic E-state index is 12.5. The van der Waals surface area contributed by atoms with E-state index in [4.69, 9.17) is 0 Å². The first-order valence-electron chi connectivity index (χ1n) is 8.11. The Hall–Kier alpha value is -2.93. The van der Waals surface area contributed by atoms with Gasteiger partial charge in [0.2, 0.25) is 0 Å². The van der Waals surface area contributed by atoms with Crippen LogP contribution in [0.2, 0.25) is 0 Å². The molecule has 0 unspecified atom stereocenters. The van der Waals surface area contributed by atoms with Crippen LogP contribution in [0.3, 0.4) is 0 Å². The molecule has 3 aromatic rings. The van der Waals surface area contributed by atoms with Crippen LogP contribution in [-0.2, 0) is 10.0 Å². The molecule has 1 heterocycles. The standard InChI is InChI=1S/C19H20N4O2S/c1-13-4-7-16(8-5-13)20-18-10-11-19(22-21-18)23-26(24,25)17-9-6-14(2)15(3)12-17/h4-12H,1-3H3,(H,20,21)(H,22,23). The van der Waals surface area contributed by atoms with E-state index in [1.807, 2.05) is 45.0 Å². The first-order chi connectivity index (χ1) is 12.3. The van der Waals surface area contributed by atoms with E-state index in [2.05, 4.69) is 20.2 Å². The summed E-state index contributed by atoms with van der Waals surface area (Å²) in [6, 6.07) is 16.1. The highest BCUT2D eigenvalue weighted by atomic mass is 32.2. The highest BCUT2D eigenvalue weighted by molar-refractivity contribution is 7.92. The SMILES string of the molecule is Cc1ccc(Nc2ccc(NS(=O)(=O)c3ccc(C)c(C)c3)nn2)cc1. The zero-order valence-corrected chi connectivity index (χ0v) is 15.6. The lowest BCUT2D eigenvalue weighted by Crippen LogP contribution is -2.14. The number of aryl methyl sites for hydroxylation is 3. The van der Waals surface area contributed by atoms with Crippen molar-refractivity contribution in [3.63, 3.8) is 0 Å². The molecule has 0 fully saturated rings. The van der Waals surface area contributed by atoms with Crippen LogP contribution in [0.25, 0.3) is 0 Å². The van der Waals surface area contributed by atoms with Crippen molar-refractivity contribution in [1.29, 1.82) is 0 Å². The highest BCUT2D eigenvalue weighted by Crippen LogP contribution is 2.19. The van der Waals surface area contributed by atoms with Crippen LogP contribution in [0.15, 0.2) is 59.5 Å². The average molecular weight is 368 g/mol. The molecule has 0 amide bonds. The number of aromatic nitrogens is 2. The molecule has 0 aliphatic carbocycles. The lowest BCUT2D eigenvalue weighted by atomic mass is 10.1. The number of sulfonamides is 1. The zero-order chi connectivity index (χ0) is 18.7. The van der Waals surface area contributed by atoms with E-state index in [0.29, 0.717) is 5.82 Å². The van der Waals surface area contributed by atoms with Gasteiger partial charge in [0.15, 0.2) is 11.6 Å². The van der Waals surface area contributed by atoms with E-state index in [9.17, 15) is 8.42 Å². The van der Waals surface area contributed by atoms with Gasteiger partial charge in [0.25, 0.3) is 10.0 Å². The summed E-state index contributed by atoms with van der Waals surface area (Å²) in [7, 11) is -3.70. The Balaban J connectivity index is 1.73. The fourth-order valence-electron chi connectivity index (χ4n) is 2.32. The normalized spacial score (nSPS) is 11.2. The van der Waals surface area contributed by atoms with Crippen LogP contribution in [0.5, 0.6) is 0 Å². The second-order valence-corrected chi connectivity index (χ2v) is 7.83. The number of nitrogens with one attached hydrogen (secondary N) is 2. The molecule has 134 valence electrons. The maximum Gasteiger partial charge on any atom is 0.263 e. The van der Waals surface area contributed by atoms with E-state index in [-0.39, 0.29) is 10.7 Å². The summed E-state index contributed by atoms with van der Waals surface area (Å²) in [6.07, 6.45) is 0. The Kier molecular flexibility index (Phi) is 4.90. The van der Waals surface area contributed by atoms with Crippen molar-refractivity contribution in [2.24, 2.45) is 0 Å². The summed E-state index contributed by atoms with van der Waals surface area (Å²) < 4.78 is 27.4. The second kappa shape index (κ2) is 7.13. The third-order valence-corrected chi connectivity index (χ3v) is 5.37. The van der Waals surface area contributed by atoms with Gasteiger partial charge in [-0.25, -0.2) is 8.42 Å².